The van der Waals surface area contributed by atoms with Gasteiger partial charge in [0.25, 0.3) is 0 Å². The Labute approximate surface area is 162 Å². The van der Waals surface area contributed by atoms with Gasteiger partial charge in [0.05, 0.1) is 11.9 Å². The van der Waals surface area contributed by atoms with E-state index in [1.165, 1.54) is 0 Å². The predicted molar refractivity (Wildman–Crippen MR) is 106 cm³/mol. The van der Waals surface area contributed by atoms with Crippen LogP contribution in [0.25, 0.3) is 11.2 Å². The van der Waals surface area contributed by atoms with Gasteiger partial charge in [-0.2, -0.15) is 0 Å². The van der Waals surface area contributed by atoms with Crippen LogP contribution in [0.3, 0.4) is 0 Å². The second-order valence-electron chi connectivity index (χ2n) is 6.66. The minimum atomic E-state index is 0.0249. The molecule has 3 heterocycles. The van der Waals surface area contributed by atoms with E-state index >= 15 is 0 Å². The number of nitrogens with zero attached hydrogens (tertiary/aromatic N) is 4. The third-order valence-corrected chi connectivity index (χ3v) is 5.32. The summed E-state index contributed by atoms with van der Waals surface area (Å²) in [4.78, 5) is 27.6. The fraction of sp³-hybridized carbons (Fsp3) is 0.300. The largest absolute Gasteiger partial charge is 0.370 e. The number of anilines is 1. The van der Waals surface area contributed by atoms with Crippen molar-refractivity contribution in [2.45, 2.75) is 19.4 Å². The lowest BCUT2D eigenvalue weighted by Gasteiger charge is -2.32. The molecule has 0 aliphatic carbocycles. The zero-order valence-corrected chi connectivity index (χ0v) is 15.6. The summed E-state index contributed by atoms with van der Waals surface area (Å²) in [6, 6.07) is 9.59. The van der Waals surface area contributed by atoms with Gasteiger partial charge in [-0.25, -0.2) is 9.97 Å². The molecular weight excluding hydrogens is 362 g/mol. The van der Waals surface area contributed by atoms with Crippen LogP contribution in [0.1, 0.15) is 18.4 Å². The predicted octanol–water partition coefficient (Wildman–Crippen LogP) is 3.21. The van der Waals surface area contributed by atoms with Crippen molar-refractivity contribution in [1.82, 2.24) is 20.3 Å². The van der Waals surface area contributed by atoms with Gasteiger partial charge in [-0.3, -0.25) is 9.78 Å². The summed E-state index contributed by atoms with van der Waals surface area (Å²) >= 11 is 6.15. The minimum Gasteiger partial charge on any atom is -0.370 e. The van der Waals surface area contributed by atoms with Gasteiger partial charge >= 0.3 is 0 Å². The van der Waals surface area contributed by atoms with Crippen molar-refractivity contribution in [1.29, 1.82) is 0 Å². The van der Waals surface area contributed by atoms with Crippen LogP contribution < -0.4 is 10.2 Å². The van der Waals surface area contributed by atoms with Crippen LogP contribution in [0, 0.1) is 5.92 Å². The molecular formula is C20H20ClN5O. The number of carbonyl (C=O) groups excluding carboxylic acids is 1. The maximum absolute atomic E-state index is 12.5. The first-order valence-corrected chi connectivity index (χ1v) is 9.41. The summed E-state index contributed by atoms with van der Waals surface area (Å²) < 4.78 is 0. The van der Waals surface area contributed by atoms with Crippen molar-refractivity contribution in [3.8, 4) is 0 Å². The number of benzene rings is 1. The van der Waals surface area contributed by atoms with Gasteiger partial charge in [0.1, 0.15) is 5.52 Å². The normalized spacial score (nSPS) is 15.1. The van der Waals surface area contributed by atoms with Crippen LogP contribution in [0.4, 0.5) is 5.69 Å². The number of hydrogen-bond acceptors (Lipinski definition) is 5. The molecule has 0 unspecified atom stereocenters. The van der Waals surface area contributed by atoms with Gasteiger partial charge in [0, 0.05) is 43.0 Å². The smallest absolute Gasteiger partial charge is 0.223 e. The molecule has 0 radical (unpaired) electrons. The first-order valence-electron chi connectivity index (χ1n) is 9.03. The van der Waals surface area contributed by atoms with E-state index in [2.05, 4.69) is 25.2 Å². The topological polar surface area (TPSA) is 71.0 Å². The summed E-state index contributed by atoms with van der Waals surface area (Å²) in [6.07, 6.45) is 6.76. The first kappa shape index (κ1) is 17.7. The molecule has 138 valence electrons. The lowest BCUT2D eigenvalue weighted by atomic mass is 9.95. The summed E-state index contributed by atoms with van der Waals surface area (Å²) in [5.41, 5.74) is 3.40. The Morgan fingerprint density at radius 3 is 2.74 bits per heavy atom. The highest BCUT2D eigenvalue weighted by atomic mass is 35.5. The number of halogens is 1. The Morgan fingerprint density at radius 2 is 1.93 bits per heavy atom. The van der Waals surface area contributed by atoms with E-state index < -0.39 is 0 Å². The lowest BCUT2D eigenvalue weighted by Crippen LogP contribution is -2.40. The van der Waals surface area contributed by atoms with E-state index in [1.807, 2.05) is 36.5 Å². The average molecular weight is 382 g/mol. The highest BCUT2D eigenvalue weighted by molar-refractivity contribution is 6.31. The van der Waals surface area contributed by atoms with Crippen molar-refractivity contribution < 1.29 is 4.79 Å². The SMILES string of the molecule is O=C(NCc1ccccc1Cl)C1CCN(c2cnc3nccnc3c2)CC1. The maximum atomic E-state index is 12.5. The van der Waals surface area contributed by atoms with Gasteiger partial charge in [-0.1, -0.05) is 29.8 Å². The number of nitrogens with one attached hydrogen (secondary N) is 1. The molecule has 3 aromatic rings. The number of piperidine rings is 1. The summed E-state index contributed by atoms with van der Waals surface area (Å²) in [5.74, 6) is 0.119. The number of carbonyl (C=O) groups is 1. The van der Waals surface area contributed by atoms with Gasteiger partial charge in [-0.15, -0.1) is 0 Å². The fourth-order valence-corrected chi connectivity index (χ4v) is 3.59. The quantitative estimate of drug-likeness (QED) is 0.751. The number of aromatic nitrogens is 3. The molecule has 1 aliphatic rings. The van der Waals surface area contributed by atoms with E-state index in [0.29, 0.717) is 17.2 Å². The number of pyridine rings is 1. The van der Waals surface area contributed by atoms with Crippen LogP contribution in [-0.2, 0) is 11.3 Å². The molecule has 1 N–H and O–H groups in total. The Morgan fingerprint density at radius 1 is 1.15 bits per heavy atom. The molecule has 1 aliphatic heterocycles. The Hall–Kier alpha value is -2.73. The van der Waals surface area contributed by atoms with Crippen LogP contribution >= 0.6 is 11.6 Å². The molecule has 4 rings (SSSR count). The van der Waals surface area contributed by atoms with Gasteiger partial charge in [0.15, 0.2) is 5.65 Å². The third-order valence-electron chi connectivity index (χ3n) is 4.95. The van der Waals surface area contributed by atoms with Crippen LogP contribution in [0.5, 0.6) is 0 Å². The molecule has 0 atom stereocenters. The molecule has 1 saturated heterocycles. The lowest BCUT2D eigenvalue weighted by molar-refractivity contribution is -0.125. The number of fused-ring (bicyclic) bond motifs is 1. The summed E-state index contributed by atoms with van der Waals surface area (Å²) in [6.45, 7) is 2.10. The van der Waals surface area contributed by atoms with Crippen molar-refractivity contribution in [2.24, 2.45) is 5.92 Å². The van der Waals surface area contributed by atoms with E-state index in [1.54, 1.807) is 12.4 Å². The van der Waals surface area contributed by atoms with Crippen LogP contribution in [0.15, 0.2) is 48.9 Å². The molecule has 1 amide bonds. The second kappa shape index (κ2) is 7.88. The Kier molecular flexibility index (Phi) is 5.16. The van der Waals surface area contributed by atoms with Gasteiger partial charge < -0.3 is 10.2 Å². The van der Waals surface area contributed by atoms with Crippen molar-refractivity contribution in [2.75, 3.05) is 18.0 Å². The fourth-order valence-electron chi connectivity index (χ4n) is 3.39. The number of hydrogen-bond donors (Lipinski definition) is 1. The average Bonchev–Trinajstić information content (AvgIpc) is 2.73. The molecule has 0 saturated carbocycles. The zero-order valence-electron chi connectivity index (χ0n) is 14.8. The van der Waals surface area contributed by atoms with Crippen LogP contribution in [0.2, 0.25) is 5.02 Å². The second-order valence-corrected chi connectivity index (χ2v) is 7.07. The third kappa shape index (κ3) is 4.01. The highest BCUT2D eigenvalue weighted by Gasteiger charge is 2.25. The Bertz CT molecular complexity index is 956. The molecule has 0 spiro atoms. The van der Waals surface area contributed by atoms with Crippen molar-refractivity contribution in [3.05, 3.63) is 59.5 Å². The van der Waals surface area contributed by atoms with E-state index in [4.69, 9.17) is 11.6 Å². The standard InChI is InChI=1S/C20H20ClN5O/c21-17-4-2-1-3-15(17)12-25-20(27)14-5-9-26(10-6-14)16-11-18-19(24-13-16)23-8-7-22-18/h1-4,7-8,11,13-14H,5-6,9-10,12H2,(H,25,27). The molecule has 7 heteroatoms. The van der Waals surface area contributed by atoms with Gasteiger partial charge in [0.2, 0.25) is 5.91 Å². The highest BCUT2D eigenvalue weighted by Crippen LogP contribution is 2.24. The van der Waals surface area contributed by atoms with Crippen molar-refractivity contribution in [3.63, 3.8) is 0 Å². The monoisotopic (exact) mass is 381 g/mol. The zero-order chi connectivity index (χ0) is 18.6. The molecule has 0 bridgehead atoms. The molecule has 1 fully saturated rings. The summed E-state index contributed by atoms with van der Waals surface area (Å²) in [7, 11) is 0. The summed E-state index contributed by atoms with van der Waals surface area (Å²) in [5, 5.41) is 3.70. The molecule has 6 nitrogen and oxygen atoms in total. The van der Waals surface area contributed by atoms with Gasteiger partial charge in [-0.05, 0) is 30.5 Å². The number of amides is 1. The molecule has 2 aromatic heterocycles. The maximum Gasteiger partial charge on any atom is 0.223 e. The molecule has 1 aromatic carbocycles. The Balaban J connectivity index is 1.34. The minimum absolute atomic E-state index is 0.0249. The van der Waals surface area contributed by atoms with E-state index in [9.17, 15) is 4.79 Å². The van der Waals surface area contributed by atoms with E-state index in [-0.39, 0.29) is 11.8 Å². The van der Waals surface area contributed by atoms with Crippen molar-refractivity contribution >= 4 is 34.4 Å². The molecule has 27 heavy (non-hydrogen) atoms. The first-order chi connectivity index (χ1) is 13.2. The van der Waals surface area contributed by atoms with Crippen LogP contribution in [-0.4, -0.2) is 33.9 Å². The number of rotatable bonds is 4. The van der Waals surface area contributed by atoms with E-state index in [0.717, 1.165) is 42.7 Å².